The van der Waals surface area contributed by atoms with Gasteiger partial charge in [0, 0.05) is 12.0 Å². The fraction of sp³-hybridized carbons (Fsp3) is 0.136. The molecule has 0 radical (unpaired) electrons. The Morgan fingerprint density at radius 1 is 1.21 bits per heavy atom. The Labute approximate surface area is 169 Å². The number of hydrogen-bond acceptors (Lipinski definition) is 4. The number of nitrogens with zero attached hydrogens (tertiary/aromatic N) is 2. The van der Waals surface area contributed by atoms with Gasteiger partial charge in [-0.25, -0.2) is 9.18 Å². The topological polar surface area (TPSA) is 76.2 Å². The van der Waals surface area contributed by atoms with Crippen LogP contribution in [0.2, 0.25) is 0 Å². The van der Waals surface area contributed by atoms with Crippen molar-refractivity contribution >= 4 is 16.9 Å². The largest absolute Gasteiger partial charge is 0.478 e. The summed E-state index contributed by atoms with van der Waals surface area (Å²) in [7, 11) is -0.414. The van der Waals surface area contributed by atoms with Gasteiger partial charge in [0.2, 0.25) is 0 Å². The van der Waals surface area contributed by atoms with E-state index in [1.807, 2.05) is 12.1 Å². The Bertz CT molecular complexity index is 1170. The van der Waals surface area contributed by atoms with Gasteiger partial charge in [0.1, 0.15) is 5.82 Å². The molecule has 0 saturated heterocycles. The molecular weight excluding hydrogens is 391 g/mol. The van der Waals surface area contributed by atoms with Crippen molar-refractivity contribution in [2.24, 2.45) is 0 Å². The van der Waals surface area contributed by atoms with E-state index in [4.69, 9.17) is 9.63 Å². The van der Waals surface area contributed by atoms with E-state index in [2.05, 4.69) is 46.9 Å². The fourth-order valence-corrected chi connectivity index (χ4v) is 5.19. The van der Waals surface area contributed by atoms with Crippen molar-refractivity contribution in [2.75, 3.05) is 0 Å². The van der Waals surface area contributed by atoms with E-state index in [0.29, 0.717) is 17.3 Å². The molecule has 148 valence electrons. The van der Waals surface area contributed by atoms with Gasteiger partial charge in [-0.2, -0.15) is 15.9 Å². The van der Waals surface area contributed by atoms with Crippen LogP contribution < -0.4 is 0 Å². The molecule has 4 rings (SSSR count). The highest BCUT2D eigenvalue weighted by atomic mass is 32.2. The van der Waals surface area contributed by atoms with E-state index < -0.39 is 22.7 Å². The van der Waals surface area contributed by atoms with Crippen molar-refractivity contribution in [3.05, 3.63) is 87.2 Å². The molecule has 1 atom stereocenters. The Hall–Kier alpha value is -3.19. The minimum absolute atomic E-state index is 0.0978. The van der Waals surface area contributed by atoms with Crippen LogP contribution in [0, 0.1) is 12.7 Å². The third-order valence-corrected chi connectivity index (χ3v) is 6.89. The number of carboxylic acid groups (broad SMARTS) is 1. The monoisotopic (exact) mass is 410 g/mol. The molecule has 0 bridgehead atoms. The first-order valence-electron chi connectivity index (χ1n) is 9.01. The molecule has 1 aliphatic rings. The number of aromatic carboxylic acids is 1. The maximum Gasteiger partial charge on any atom is 0.335 e. The summed E-state index contributed by atoms with van der Waals surface area (Å²) in [5.41, 5.74) is 3.46. The van der Waals surface area contributed by atoms with E-state index in [1.165, 1.54) is 22.6 Å². The molecule has 7 heteroatoms. The molecule has 0 aliphatic carbocycles. The maximum atomic E-state index is 14.1. The number of thiol groups is 1. The molecule has 0 saturated carbocycles. The van der Waals surface area contributed by atoms with Gasteiger partial charge in [-0.1, -0.05) is 17.3 Å². The van der Waals surface area contributed by atoms with E-state index in [-0.39, 0.29) is 12.0 Å². The minimum Gasteiger partial charge on any atom is -0.478 e. The molecular formula is C22H19FN2O3S. The Morgan fingerprint density at radius 3 is 2.69 bits per heavy atom. The first-order valence-corrected chi connectivity index (χ1v) is 10.5. The van der Waals surface area contributed by atoms with Gasteiger partial charge in [0.25, 0.3) is 5.89 Å². The number of aromatic nitrogens is 2. The van der Waals surface area contributed by atoms with Gasteiger partial charge in [0.05, 0.1) is 5.56 Å². The number of benzene rings is 2. The van der Waals surface area contributed by atoms with E-state index in [9.17, 15) is 9.18 Å². The van der Waals surface area contributed by atoms with Crippen molar-refractivity contribution in [3.8, 4) is 11.5 Å². The second-order valence-electron chi connectivity index (χ2n) is 6.90. The number of allylic oxidation sites excluding steroid dienone is 2. The molecule has 3 aromatic rings. The zero-order chi connectivity index (χ0) is 20.5. The first-order chi connectivity index (χ1) is 13.9. The fourth-order valence-electron chi connectivity index (χ4n) is 3.17. The van der Waals surface area contributed by atoms with Crippen LogP contribution in [0.5, 0.6) is 0 Å². The average molecular weight is 410 g/mol. The van der Waals surface area contributed by atoms with Crippen molar-refractivity contribution in [2.45, 2.75) is 25.2 Å². The lowest BCUT2D eigenvalue weighted by Gasteiger charge is -2.14. The van der Waals surface area contributed by atoms with Crippen LogP contribution in [0.15, 0.2) is 68.3 Å². The van der Waals surface area contributed by atoms with Crippen molar-refractivity contribution in [3.63, 3.8) is 0 Å². The van der Waals surface area contributed by atoms with Gasteiger partial charge in [-0.3, -0.25) is 0 Å². The number of rotatable bonds is 5. The Balaban J connectivity index is 1.54. The van der Waals surface area contributed by atoms with E-state index in [0.717, 1.165) is 17.2 Å². The molecule has 5 nitrogen and oxygen atoms in total. The lowest BCUT2D eigenvalue weighted by Crippen LogP contribution is -2.00. The van der Waals surface area contributed by atoms with Gasteiger partial charge in [0.15, 0.2) is 5.82 Å². The Morgan fingerprint density at radius 2 is 2.03 bits per heavy atom. The summed E-state index contributed by atoms with van der Waals surface area (Å²) in [5, 5.41) is 17.4. The van der Waals surface area contributed by atoms with Crippen LogP contribution in [0.25, 0.3) is 11.5 Å². The molecule has 0 amide bonds. The quantitative estimate of drug-likeness (QED) is 0.561. The summed E-state index contributed by atoms with van der Waals surface area (Å²) in [6.07, 6.45) is 2.26. The standard InChI is InChI=1S/C22H19FN2O3S/c1-13-7-8-29(12-13)19-6-5-16(9-14(19)2)21-24-20(25-28-21)11-15-3-4-17(22(26)27)10-18(15)23/h3-10,12,29H,11H2,1-2H3,(H,26,27). The van der Waals surface area contributed by atoms with Crippen LogP contribution in [0.3, 0.4) is 0 Å². The van der Waals surface area contributed by atoms with Crippen molar-refractivity contribution in [1.29, 1.82) is 0 Å². The highest BCUT2D eigenvalue weighted by Gasteiger charge is 2.15. The lowest BCUT2D eigenvalue weighted by molar-refractivity contribution is 0.0696. The highest BCUT2D eigenvalue weighted by Crippen LogP contribution is 2.46. The Kier molecular flexibility index (Phi) is 5.07. The molecule has 2 heterocycles. The first kappa shape index (κ1) is 19.1. The third kappa shape index (κ3) is 4.00. The summed E-state index contributed by atoms with van der Waals surface area (Å²) >= 11 is 0. The van der Waals surface area contributed by atoms with Crippen LogP contribution in [0.4, 0.5) is 4.39 Å². The molecule has 1 aromatic heterocycles. The molecule has 2 aromatic carbocycles. The molecule has 0 spiro atoms. The molecule has 1 N–H and O–H groups in total. The third-order valence-electron chi connectivity index (χ3n) is 4.68. The van der Waals surface area contributed by atoms with Crippen LogP contribution in [-0.2, 0) is 6.42 Å². The summed E-state index contributed by atoms with van der Waals surface area (Å²) in [5.74, 6) is -1.06. The van der Waals surface area contributed by atoms with Gasteiger partial charge in [-0.05, 0) is 76.6 Å². The summed E-state index contributed by atoms with van der Waals surface area (Å²) < 4.78 is 19.5. The highest BCUT2D eigenvalue weighted by molar-refractivity contribution is 8.22. The molecule has 1 aliphatic heterocycles. The second-order valence-corrected chi connectivity index (χ2v) is 8.75. The summed E-state index contributed by atoms with van der Waals surface area (Å²) in [6.45, 7) is 4.16. The number of aryl methyl sites for hydroxylation is 1. The summed E-state index contributed by atoms with van der Waals surface area (Å²) in [4.78, 5) is 16.6. The molecule has 0 fully saturated rings. The zero-order valence-corrected chi connectivity index (χ0v) is 16.8. The number of carboxylic acids is 1. The summed E-state index contributed by atoms with van der Waals surface area (Å²) in [6, 6.07) is 9.85. The van der Waals surface area contributed by atoms with E-state index in [1.54, 1.807) is 0 Å². The maximum absolute atomic E-state index is 14.1. The number of hydrogen-bond donors (Lipinski definition) is 2. The SMILES string of the molecule is CC1=C[SH](c2ccc(-c3nc(Cc4ccc(C(=O)O)cc4F)no3)cc2C)C=C1. The van der Waals surface area contributed by atoms with Crippen molar-refractivity contribution in [1.82, 2.24) is 10.1 Å². The normalized spacial score (nSPS) is 16.8. The number of carbonyl (C=O) groups is 1. The van der Waals surface area contributed by atoms with Crippen LogP contribution in [-0.4, -0.2) is 21.2 Å². The van der Waals surface area contributed by atoms with E-state index >= 15 is 0 Å². The predicted molar refractivity (Wildman–Crippen MR) is 111 cm³/mol. The molecule has 1 unspecified atom stereocenters. The van der Waals surface area contributed by atoms with Gasteiger partial charge < -0.3 is 9.63 Å². The van der Waals surface area contributed by atoms with Crippen LogP contribution >= 0.6 is 10.9 Å². The zero-order valence-electron chi connectivity index (χ0n) is 15.9. The van der Waals surface area contributed by atoms with Crippen LogP contribution in [0.1, 0.15) is 34.2 Å². The predicted octanol–water partition coefficient (Wildman–Crippen LogP) is 5.26. The van der Waals surface area contributed by atoms with Gasteiger partial charge in [-0.15, -0.1) is 0 Å². The average Bonchev–Trinajstić information content (AvgIpc) is 3.32. The minimum atomic E-state index is -1.17. The van der Waals surface area contributed by atoms with Gasteiger partial charge >= 0.3 is 5.97 Å². The number of halogens is 1. The lowest BCUT2D eigenvalue weighted by atomic mass is 10.1. The smallest absolute Gasteiger partial charge is 0.335 e. The second kappa shape index (κ2) is 7.67. The molecule has 29 heavy (non-hydrogen) atoms. The van der Waals surface area contributed by atoms with Crippen molar-refractivity contribution < 1.29 is 18.8 Å².